The molecule has 10 atom stereocenters. The fourth-order valence-corrected chi connectivity index (χ4v) is 8.05. The Labute approximate surface area is 456 Å². The summed E-state index contributed by atoms with van der Waals surface area (Å²) < 4.78 is 0. The quantitative estimate of drug-likeness (QED) is 0.0178. The number of aliphatic hydroxyl groups is 1. The van der Waals surface area contributed by atoms with Crippen molar-refractivity contribution < 1.29 is 78.0 Å². The molecular weight excluding hydrogens is 1040 g/mol. The van der Waals surface area contributed by atoms with E-state index in [1.165, 1.54) is 43.0 Å². The van der Waals surface area contributed by atoms with Gasteiger partial charge in [-0.3, -0.25) is 57.7 Å². The molecular formula is C49H78N14O16. The third-order valence-electron chi connectivity index (χ3n) is 12.3. The second-order valence-corrected chi connectivity index (χ2v) is 19.9. The Morgan fingerprint density at radius 2 is 1.20 bits per heavy atom. The number of phenolic OH excluding ortho intramolecular Hbond substituents is 1. The van der Waals surface area contributed by atoms with Gasteiger partial charge in [0.15, 0.2) is 5.96 Å². The Morgan fingerprint density at radius 3 is 1.76 bits per heavy atom. The summed E-state index contributed by atoms with van der Waals surface area (Å²) in [4.78, 5) is 162. The Balaban J connectivity index is 2.25. The van der Waals surface area contributed by atoms with E-state index < -0.39 is 163 Å². The van der Waals surface area contributed by atoms with Crippen LogP contribution in [0.2, 0.25) is 0 Å². The number of aromatic hydroxyl groups is 1. The van der Waals surface area contributed by atoms with Gasteiger partial charge in [-0.05, 0) is 81.9 Å². The SMILES string of the molecule is CC(C)C[C@H](NC(=O)[C@@H]1CCCN1C(=O)[C@H](C)NC(=O)[C@H](CO)NC(=O)[C@H](CCC(N)=O)NC(=O)[C@H](C)NC(=O)[C@@H](N)CC(=O)O)C(=O)N[C@@H](CCCN=C(N)N)C(=O)N[C@H](C(=O)N[C@@H](Cc1ccc(O)cc1)C(=O)O)C(C)C. The largest absolute Gasteiger partial charge is 0.508 e. The van der Waals surface area contributed by atoms with E-state index >= 15 is 0 Å². The maximum atomic E-state index is 14.2. The van der Waals surface area contributed by atoms with Gasteiger partial charge in [-0.1, -0.05) is 39.8 Å². The van der Waals surface area contributed by atoms with Crippen molar-refractivity contribution in [3.8, 4) is 5.75 Å². The first-order valence-corrected chi connectivity index (χ1v) is 25.6. The number of aliphatic hydroxyl groups excluding tert-OH is 1. The standard InChI is InChI=1S/C49H78N14O16/c1-23(2)19-32(43(73)58-30(9-7-17-54-49(52)53)42(72)62-38(24(3)4)46(76)60-33(48(78)79)20-27-11-13-28(65)14-12-27)59-45(75)35-10-8-18-63(35)47(77)26(6)56-44(74)34(22-64)61-41(71)31(15-16-36(51)66)57-39(69)25(5)55-40(70)29(50)21-37(67)68/h11-14,23-26,29-35,38,64-65H,7-10,15-22,50H2,1-6H3,(H2,51,66)(H,55,70)(H,56,74)(H,57,69)(H,58,73)(H,59,75)(H,60,76)(H,61,71)(H,62,72)(H,67,68)(H,78,79)(H4,52,53,54)/t25-,26-,29-,30-,31-,32-,33-,34-,35-,38-/m0/s1. The van der Waals surface area contributed by atoms with E-state index in [1.807, 2.05) is 0 Å². The van der Waals surface area contributed by atoms with E-state index in [0.717, 1.165) is 0 Å². The number of nitrogens with one attached hydrogen (secondary N) is 8. The monoisotopic (exact) mass is 1120 g/mol. The number of nitrogens with two attached hydrogens (primary N) is 4. The Morgan fingerprint density at radius 1 is 0.658 bits per heavy atom. The van der Waals surface area contributed by atoms with Gasteiger partial charge in [0, 0.05) is 25.9 Å². The number of primary amides is 1. The molecule has 0 radical (unpaired) electrons. The Hall–Kier alpha value is -8.15. The molecule has 20 N–H and O–H groups in total. The van der Waals surface area contributed by atoms with Gasteiger partial charge in [0.25, 0.3) is 0 Å². The Bertz CT molecular complexity index is 2370. The van der Waals surface area contributed by atoms with Gasteiger partial charge >= 0.3 is 11.9 Å². The van der Waals surface area contributed by atoms with E-state index in [1.54, 1.807) is 27.7 Å². The number of hydrogen-bond donors (Lipinski definition) is 16. The number of guanidine groups is 1. The van der Waals surface area contributed by atoms with E-state index in [0.29, 0.717) is 12.0 Å². The van der Waals surface area contributed by atoms with E-state index in [4.69, 9.17) is 28.0 Å². The van der Waals surface area contributed by atoms with E-state index in [2.05, 4.69) is 47.5 Å². The lowest BCUT2D eigenvalue weighted by Gasteiger charge is -2.30. The predicted octanol–water partition coefficient (Wildman–Crippen LogP) is -5.26. The first-order valence-electron chi connectivity index (χ1n) is 25.6. The van der Waals surface area contributed by atoms with Crippen LogP contribution in [-0.4, -0.2) is 182 Å². The van der Waals surface area contributed by atoms with Crippen molar-refractivity contribution in [2.24, 2.45) is 39.8 Å². The number of carboxylic acids is 2. The number of aliphatic imine (C=N–C) groups is 1. The number of nitrogens with zero attached hydrogens (tertiary/aromatic N) is 2. The Kier molecular flexibility index (Phi) is 27.6. The van der Waals surface area contributed by atoms with Crippen LogP contribution < -0.4 is 65.5 Å². The van der Waals surface area contributed by atoms with Crippen molar-refractivity contribution in [2.75, 3.05) is 19.7 Å². The fraction of sp³-hybridized carbons (Fsp3) is 0.612. The topological polar surface area (TPSA) is 502 Å². The number of carbonyl (C=O) groups is 12. The highest BCUT2D eigenvalue weighted by atomic mass is 16.4. The normalized spacial score (nSPS) is 16.4. The van der Waals surface area contributed by atoms with Crippen LogP contribution >= 0.6 is 0 Å². The lowest BCUT2D eigenvalue weighted by Crippen LogP contribution is -2.60. The summed E-state index contributed by atoms with van der Waals surface area (Å²) in [6.45, 7) is 8.29. The number of rotatable bonds is 33. The summed E-state index contributed by atoms with van der Waals surface area (Å²) in [5, 5.41) is 58.1. The molecule has 30 nitrogen and oxygen atoms in total. The summed E-state index contributed by atoms with van der Waals surface area (Å²) in [7, 11) is 0. The van der Waals surface area contributed by atoms with Gasteiger partial charge in [0.1, 0.15) is 60.1 Å². The molecule has 1 heterocycles. The lowest BCUT2D eigenvalue weighted by atomic mass is 9.99. The zero-order valence-corrected chi connectivity index (χ0v) is 45.1. The van der Waals surface area contributed by atoms with Crippen LogP contribution in [0.15, 0.2) is 29.3 Å². The molecule has 0 aliphatic carbocycles. The number of aliphatic carboxylic acids is 2. The molecule has 1 fully saturated rings. The summed E-state index contributed by atoms with van der Waals surface area (Å²) >= 11 is 0. The maximum Gasteiger partial charge on any atom is 0.326 e. The second kappa shape index (κ2) is 32.6. The summed E-state index contributed by atoms with van der Waals surface area (Å²) in [6.07, 6.45) is -1.17. The van der Waals surface area contributed by atoms with Gasteiger partial charge in [-0.25, -0.2) is 4.79 Å². The van der Waals surface area contributed by atoms with Gasteiger partial charge in [0.05, 0.1) is 19.1 Å². The molecule has 0 saturated carbocycles. The lowest BCUT2D eigenvalue weighted by molar-refractivity contribution is -0.143. The fourth-order valence-electron chi connectivity index (χ4n) is 8.05. The molecule has 1 aliphatic rings. The van der Waals surface area contributed by atoms with Crippen molar-refractivity contribution in [1.82, 2.24) is 47.4 Å². The predicted molar refractivity (Wildman–Crippen MR) is 281 cm³/mol. The average Bonchev–Trinajstić information content (AvgIpc) is 3.86. The zero-order valence-electron chi connectivity index (χ0n) is 45.1. The minimum Gasteiger partial charge on any atom is -0.508 e. The molecule has 30 heteroatoms. The molecule has 79 heavy (non-hydrogen) atoms. The maximum absolute atomic E-state index is 14.2. The van der Waals surface area contributed by atoms with Crippen molar-refractivity contribution >= 4 is 77.0 Å². The van der Waals surface area contributed by atoms with Crippen LogP contribution in [-0.2, 0) is 64.0 Å². The van der Waals surface area contributed by atoms with Crippen molar-refractivity contribution in [3.63, 3.8) is 0 Å². The molecule has 440 valence electrons. The van der Waals surface area contributed by atoms with Gasteiger partial charge in [-0.2, -0.15) is 0 Å². The highest BCUT2D eigenvalue weighted by molar-refractivity contribution is 5.99. The number of hydrogen-bond acceptors (Lipinski definition) is 16. The smallest absolute Gasteiger partial charge is 0.326 e. The first kappa shape index (κ1) is 67.0. The van der Waals surface area contributed by atoms with Crippen LogP contribution in [0.1, 0.15) is 98.5 Å². The van der Waals surface area contributed by atoms with Crippen LogP contribution in [0, 0.1) is 11.8 Å². The molecule has 1 saturated heterocycles. The first-order chi connectivity index (χ1) is 36.9. The number of phenols is 1. The van der Waals surface area contributed by atoms with Crippen LogP contribution in [0.4, 0.5) is 0 Å². The molecule has 0 unspecified atom stereocenters. The van der Waals surface area contributed by atoms with Crippen molar-refractivity contribution in [2.45, 2.75) is 160 Å². The van der Waals surface area contributed by atoms with Crippen molar-refractivity contribution in [1.29, 1.82) is 0 Å². The highest BCUT2D eigenvalue weighted by Gasteiger charge is 2.40. The summed E-state index contributed by atoms with van der Waals surface area (Å²) in [5.74, 6) is -12.8. The van der Waals surface area contributed by atoms with Gasteiger partial charge in [0.2, 0.25) is 59.1 Å². The molecule has 1 aromatic carbocycles. The number of carboxylic acid groups (broad SMARTS) is 2. The summed E-state index contributed by atoms with van der Waals surface area (Å²) in [5.41, 5.74) is 22.2. The van der Waals surface area contributed by atoms with Crippen molar-refractivity contribution in [3.05, 3.63) is 29.8 Å². The minimum absolute atomic E-state index is 0.0383. The zero-order chi connectivity index (χ0) is 59.8. The van der Waals surface area contributed by atoms with Gasteiger partial charge in [-0.15, -0.1) is 0 Å². The molecule has 0 bridgehead atoms. The third-order valence-corrected chi connectivity index (χ3v) is 12.3. The van der Waals surface area contributed by atoms with Crippen LogP contribution in [0.3, 0.4) is 0 Å². The molecule has 1 aromatic rings. The molecule has 0 spiro atoms. The highest BCUT2D eigenvalue weighted by Crippen LogP contribution is 2.20. The van der Waals surface area contributed by atoms with E-state index in [9.17, 15) is 72.9 Å². The third kappa shape index (κ3) is 23.2. The second-order valence-electron chi connectivity index (χ2n) is 19.9. The molecule has 1 aliphatic heterocycles. The minimum atomic E-state index is -1.74. The summed E-state index contributed by atoms with van der Waals surface area (Å²) in [6, 6.07) is -8.40. The van der Waals surface area contributed by atoms with E-state index in [-0.39, 0.29) is 62.8 Å². The number of amides is 10. The molecule has 2 rings (SSSR count). The molecule has 0 aromatic heterocycles. The average molecular weight is 1120 g/mol. The van der Waals surface area contributed by atoms with Crippen LogP contribution in [0.5, 0.6) is 5.75 Å². The van der Waals surface area contributed by atoms with Gasteiger partial charge < -0.3 is 90.8 Å². The van der Waals surface area contributed by atoms with Crippen LogP contribution in [0.25, 0.3) is 0 Å². The molecule has 10 amide bonds. The number of benzene rings is 1. The number of carbonyl (C=O) groups excluding carboxylic acids is 10. The number of likely N-dealkylation sites (tertiary alicyclic amines) is 1.